The van der Waals surface area contributed by atoms with Crippen LogP contribution in [-0.2, 0) is 29.4 Å². The minimum Gasteiger partial charge on any atom is -0.459 e. The zero-order valence-corrected chi connectivity index (χ0v) is 23.0. The van der Waals surface area contributed by atoms with E-state index in [1.807, 2.05) is 81.8 Å². The Hall–Kier alpha value is -2.74. The molecule has 3 heterocycles. The molecule has 3 saturated heterocycles. The number of piperidine rings is 1. The van der Waals surface area contributed by atoms with Crippen LogP contribution in [0.5, 0.6) is 0 Å². The smallest absolute Gasteiger partial charge is 0.363 e. The second-order valence-electron chi connectivity index (χ2n) is 12.3. The number of benzene rings is 2. The highest BCUT2D eigenvalue weighted by Gasteiger charge is 2.57. The molecule has 7 nitrogen and oxygen atoms in total. The standard InChI is InChI=1S/C31H42N2O5/c1-32(2,3)22-29(34)36-23-37-31(24-12-6-4-7-13-24,25-14-8-5-9-15-25)30(35)38-28-20-26-16-17-27(21-28)33(26)18-10-11-19-33/h4-9,12-15,26-28H,10-11,16-23H2,1-3H3/q+2. The molecule has 0 N–H and O–H groups in total. The number of hydrogen-bond donors (Lipinski definition) is 0. The van der Waals surface area contributed by atoms with Crippen molar-refractivity contribution in [1.82, 2.24) is 0 Å². The summed E-state index contributed by atoms with van der Waals surface area (Å²) in [6.07, 6.45) is 6.73. The maximum Gasteiger partial charge on any atom is 0.363 e. The molecule has 2 unspecified atom stereocenters. The van der Waals surface area contributed by atoms with Gasteiger partial charge in [-0.1, -0.05) is 60.7 Å². The quantitative estimate of drug-likeness (QED) is 0.283. The van der Waals surface area contributed by atoms with E-state index in [2.05, 4.69) is 0 Å². The van der Waals surface area contributed by atoms with Crippen molar-refractivity contribution in [2.75, 3.05) is 47.6 Å². The largest absolute Gasteiger partial charge is 0.459 e. The second-order valence-corrected chi connectivity index (χ2v) is 12.3. The Balaban J connectivity index is 1.41. The number of nitrogens with zero attached hydrogens (tertiary/aromatic N) is 2. The fourth-order valence-corrected chi connectivity index (χ4v) is 7.13. The van der Waals surface area contributed by atoms with Crippen molar-refractivity contribution >= 4 is 11.9 Å². The van der Waals surface area contributed by atoms with Gasteiger partial charge in [0.25, 0.3) is 0 Å². The van der Waals surface area contributed by atoms with Crippen LogP contribution in [0.3, 0.4) is 0 Å². The number of esters is 2. The predicted molar refractivity (Wildman–Crippen MR) is 144 cm³/mol. The highest BCUT2D eigenvalue weighted by Crippen LogP contribution is 2.47. The van der Waals surface area contributed by atoms with Crippen molar-refractivity contribution < 1.29 is 32.8 Å². The normalized spacial score (nSPS) is 24.3. The highest BCUT2D eigenvalue weighted by atomic mass is 16.7. The van der Waals surface area contributed by atoms with Gasteiger partial charge in [0.1, 0.15) is 6.10 Å². The molecule has 2 aromatic carbocycles. The van der Waals surface area contributed by atoms with Gasteiger partial charge >= 0.3 is 11.9 Å². The zero-order chi connectivity index (χ0) is 26.8. The van der Waals surface area contributed by atoms with E-state index in [-0.39, 0.29) is 25.4 Å². The van der Waals surface area contributed by atoms with Gasteiger partial charge in [-0.2, -0.15) is 0 Å². The summed E-state index contributed by atoms with van der Waals surface area (Å²) in [5, 5.41) is 0. The number of carbonyl (C=O) groups excluding carboxylic acids is 2. The summed E-state index contributed by atoms with van der Waals surface area (Å²) >= 11 is 0. The Bertz CT molecular complexity index is 1050. The average molecular weight is 523 g/mol. The first-order valence-electron chi connectivity index (χ1n) is 14.0. The van der Waals surface area contributed by atoms with E-state index in [1.54, 1.807) is 0 Å². The van der Waals surface area contributed by atoms with Gasteiger partial charge in [-0.25, -0.2) is 9.59 Å². The van der Waals surface area contributed by atoms with Gasteiger partial charge in [0, 0.05) is 38.5 Å². The van der Waals surface area contributed by atoms with Gasteiger partial charge in [-0.05, 0) is 11.1 Å². The van der Waals surface area contributed by atoms with Crippen LogP contribution in [0, 0.1) is 0 Å². The maximum atomic E-state index is 14.3. The van der Waals surface area contributed by atoms with Crippen molar-refractivity contribution in [3.05, 3.63) is 71.8 Å². The predicted octanol–water partition coefficient (Wildman–Crippen LogP) is 4.00. The molecule has 2 aromatic rings. The minimum absolute atomic E-state index is 0.138. The van der Waals surface area contributed by atoms with Crippen LogP contribution >= 0.6 is 0 Å². The lowest BCUT2D eigenvalue weighted by Gasteiger charge is -2.47. The van der Waals surface area contributed by atoms with Crippen molar-refractivity contribution in [1.29, 1.82) is 0 Å². The third-order valence-electron chi connectivity index (χ3n) is 8.78. The number of rotatable bonds is 9. The minimum atomic E-state index is -1.55. The summed E-state index contributed by atoms with van der Waals surface area (Å²) in [7, 11) is 5.76. The molecule has 0 aromatic heterocycles. The molecule has 0 radical (unpaired) electrons. The summed E-state index contributed by atoms with van der Waals surface area (Å²) in [5.74, 6) is -0.832. The van der Waals surface area contributed by atoms with Crippen LogP contribution in [0.1, 0.15) is 49.7 Å². The van der Waals surface area contributed by atoms with E-state index in [9.17, 15) is 9.59 Å². The highest BCUT2D eigenvalue weighted by molar-refractivity contribution is 5.86. The third kappa shape index (κ3) is 5.24. The van der Waals surface area contributed by atoms with E-state index >= 15 is 0 Å². The first kappa shape index (κ1) is 26.9. The monoisotopic (exact) mass is 522 g/mol. The number of ether oxygens (including phenoxy) is 3. The molecule has 2 atom stereocenters. The maximum absolute atomic E-state index is 14.3. The van der Waals surface area contributed by atoms with Crippen LogP contribution in [0.2, 0.25) is 0 Å². The Labute approximate surface area is 226 Å². The van der Waals surface area contributed by atoms with Crippen molar-refractivity contribution in [2.45, 2.75) is 62.3 Å². The molecule has 0 amide bonds. The summed E-state index contributed by atoms with van der Waals surface area (Å²) in [6.45, 7) is 2.39. The van der Waals surface area contributed by atoms with Crippen LogP contribution in [0.15, 0.2) is 60.7 Å². The van der Waals surface area contributed by atoms with Crippen LogP contribution in [-0.4, -0.2) is 86.7 Å². The molecule has 204 valence electrons. The van der Waals surface area contributed by atoms with E-state index < -0.39 is 11.6 Å². The van der Waals surface area contributed by atoms with Gasteiger partial charge in [0.2, 0.25) is 5.60 Å². The molecule has 0 aliphatic carbocycles. The van der Waals surface area contributed by atoms with Crippen molar-refractivity contribution in [3.63, 3.8) is 0 Å². The molecule has 38 heavy (non-hydrogen) atoms. The van der Waals surface area contributed by atoms with Gasteiger partial charge in [-0.15, -0.1) is 0 Å². The Morgan fingerprint density at radius 3 is 1.89 bits per heavy atom. The van der Waals surface area contributed by atoms with Crippen molar-refractivity contribution in [2.24, 2.45) is 0 Å². The summed E-state index contributed by atoms with van der Waals surface area (Å²) < 4.78 is 19.9. The molecule has 3 aliphatic heterocycles. The Kier molecular flexibility index (Phi) is 7.63. The summed E-state index contributed by atoms with van der Waals surface area (Å²) in [6, 6.07) is 20.0. The first-order chi connectivity index (χ1) is 18.2. The molecular formula is C31H42N2O5+2. The molecule has 3 aliphatic rings. The molecule has 3 fully saturated rings. The van der Waals surface area contributed by atoms with E-state index in [4.69, 9.17) is 14.2 Å². The summed E-state index contributed by atoms with van der Waals surface area (Å²) in [4.78, 5) is 26.8. The second kappa shape index (κ2) is 10.8. The third-order valence-corrected chi connectivity index (χ3v) is 8.78. The molecule has 2 bridgehead atoms. The number of quaternary nitrogens is 2. The zero-order valence-electron chi connectivity index (χ0n) is 23.0. The van der Waals surface area contributed by atoms with E-state index in [0.717, 1.165) is 12.8 Å². The van der Waals surface area contributed by atoms with Crippen LogP contribution in [0.25, 0.3) is 0 Å². The lowest BCUT2D eigenvalue weighted by atomic mass is 9.85. The Morgan fingerprint density at radius 2 is 1.39 bits per heavy atom. The SMILES string of the molecule is C[N+](C)(C)CC(=O)OCOC(C(=O)OC1CC2CCC(C1)[N+]21CCCC1)(c1ccccc1)c1ccccc1. The van der Waals surface area contributed by atoms with Gasteiger partial charge in [-0.3, -0.25) is 0 Å². The topological polar surface area (TPSA) is 61.8 Å². The molecule has 0 saturated carbocycles. The molecule has 1 spiro atoms. The first-order valence-corrected chi connectivity index (χ1v) is 14.0. The number of hydrogen-bond acceptors (Lipinski definition) is 5. The average Bonchev–Trinajstić information content (AvgIpc) is 3.43. The van der Waals surface area contributed by atoms with E-state index in [0.29, 0.717) is 27.7 Å². The lowest BCUT2D eigenvalue weighted by Crippen LogP contribution is -2.60. The van der Waals surface area contributed by atoms with Gasteiger partial charge in [0.15, 0.2) is 13.3 Å². The number of carbonyl (C=O) groups is 2. The van der Waals surface area contributed by atoms with Gasteiger partial charge in [0.05, 0.1) is 46.3 Å². The van der Waals surface area contributed by atoms with Crippen LogP contribution < -0.4 is 0 Å². The fraction of sp³-hybridized carbons (Fsp3) is 0.548. The van der Waals surface area contributed by atoms with Gasteiger partial charge < -0.3 is 23.2 Å². The lowest BCUT2D eigenvalue weighted by molar-refractivity contribution is -0.956. The van der Waals surface area contributed by atoms with Crippen molar-refractivity contribution in [3.8, 4) is 0 Å². The number of likely N-dealkylation sites (N-methyl/N-ethyl adjacent to an activating group) is 1. The molecule has 7 heteroatoms. The molecule has 5 rings (SSSR count). The Morgan fingerprint density at radius 1 is 0.868 bits per heavy atom. The van der Waals surface area contributed by atoms with E-state index in [1.165, 1.54) is 43.3 Å². The summed E-state index contributed by atoms with van der Waals surface area (Å²) in [5.41, 5.74) is -0.239. The van der Waals surface area contributed by atoms with Crippen LogP contribution in [0.4, 0.5) is 0 Å². The molecular weight excluding hydrogens is 480 g/mol. The fourth-order valence-electron chi connectivity index (χ4n) is 7.13.